The fourth-order valence-electron chi connectivity index (χ4n) is 5.90. The number of aliphatic hydroxyl groups is 1. The maximum Gasteiger partial charge on any atom is 0.309 e. The largest absolute Gasteiger partial charge is 0.481 e. The second-order valence-electron chi connectivity index (χ2n) is 12.1. The lowest BCUT2D eigenvalue weighted by Gasteiger charge is -2.36. The van der Waals surface area contributed by atoms with Gasteiger partial charge in [-0.2, -0.15) is 0 Å². The van der Waals surface area contributed by atoms with E-state index in [2.05, 4.69) is 25.5 Å². The number of carbonyl (C=O) groups excluding carboxylic acids is 2. The Labute approximate surface area is 277 Å². The standard InChI is InChI=1S/C35H35ClN6O5/c1-21-26(4-2-6-28(21)39-33(44)30-11-9-23(15-38-30)17-42-18-24(19-42)35(46)47)27-5-3-7-29(32(27)36)40-34(45)31-10-8-22(14-37-31)16-41-13-12-25(43)20-41/h2-11,14-15,24-25,43H,12-13,16-20H2,1H3,(H,39,44)(H,40,45)(H,46,47)/t25-/m1/s1. The molecule has 11 nitrogen and oxygen atoms in total. The van der Waals surface area contributed by atoms with E-state index in [1.165, 1.54) is 0 Å². The number of rotatable bonds is 10. The summed E-state index contributed by atoms with van der Waals surface area (Å²) < 4.78 is 0. The van der Waals surface area contributed by atoms with Gasteiger partial charge in [-0.3, -0.25) is 34.2 Å². The van der Waals surface area contributed by atoms with Crippen molar-refractivity contribution in [1.29, 1.82) is 0 Å². The minimum absolute atomic E-state index is 0.254. The van der Waals surface area contributed by atoms with Gasteiger partial charge in [-0.1, -0.05) is 48.0 Å². The van der Waals surface area contributed by atoms with Crippen LogP contribution >= 0.6 is 11.6 Å². The minimum Gasteiger partial charge on any atom is -0.481 e. The molecule has 2 fully saturated rings. The number of aromatic nitrogens is 2. The molecule has 1 atom stereocenters. The molecular formula is C35H35ClN6O5. The molecule has 2 aliphatic heterocycles. The number of aliphatic hydroxyl groups excluding tert-OH is 1. The third-order valence-electron chi connectivity index (χ3n) is 8.60. The second kappa shape index (κ2) is 14.0. The van der Waals surface area contributed by atoms with Crippen molar-refractivity contribution in [1.82, 2.24) is 19.8 Å². The zero-order valence-corrected chi connectivity index (χ0v) is 26.6. The number of halogens is 1. The Bertz CT molecular complexity index is 1790. The molecule has 4 aromatic rings. The Morgan fingerprint density at radius 3 is 1.94 bits per heavy atom. The molecule has 242 valence electrons. The number of nitrogens with one attached hydrogen (secondary N) is 2. The highest BCUT2D eigenvalue weighted by molar-refractivity contribution is 6.36. The van der Waals surface area contributed by atoms with E-state index in [-0.39, 0.29) is 29.3 Å². The average molecular weight is 655 g/mol. The molecule has 0 saturated carbocycles. The van der Waals surface area contributed by atoms with Crippen LogP contribution in [0.3, 0.4) is 0 Å². The summed E-state index contributed by atoms with van der Waals surface area (Å²) >= 11 is 6.83. The molecule has 0 spiro atoms. The van der Waals surface area contributed by atoms with Gasteiger partial charge in [0.2, 0.25) is 0 Å². The fraction of sp³-hybridized carbons (Fsp3) is 0.286. The Balaban J connectivity index is 1.10. The van der Waals surface area contributed by atoms with Crippen LogP contribution in [-0.4, -0.2) is 80.0 Å². The van der Waals surface area contributed by atoms with Crippen molar-refractivity contribution in [3.8, 4) is 11.1 Å². The van der Waals surface area contributed by atoms with Gasteiger partial charge >= 0.3 is 5.97 Å². The van der Waals surface area contributed by atoms with Crippen LogP contribution in [0.2, 0.25) is 5.02 Å². The number of carbonyl (C=O) groups is 3. The van der Waals surface area contributed by atoms with Gasteiger partial charge < -0.3 is 20.8 Å². The monoisotopic (exact) mass is 654 g/mol. The second-order valence-corrected chi connectivity index (χ2v) is 12.4. The molecule has 2 amide bonds. The number of pyridine rings is 2. The molecule has 0 bridgehead atoms. The van der Waals surface area contributed by atoms with Crippen molar-refractivity contribution >= 4 is 40.8 Å². The van der Waals surface area contributed by atoms with E-state index in [9.17, 15) is 19.5 Å². The summed E-state index contributed by atoms with van der Waals surface area (Å²) in [5, 5.41) is 25.0. The van der Waals surface area contributed by atoms with Crippen LogP contribution in [-0.2, 0) is 17.9 Å². The van der Waals surface area contributed by atoms with Gasteiger partial charge in [0, 0.05) is 62.9 Å². The van der Waals surface area contributed by atoms with E-state index in [0.717, 1.165) is 35.2 Å². The molecule has 2 aliphatic rings. The Kier molecular flexibility index (Phi) is 9.60. The normalized spacial score (nSPS) is 16.9. The first-order chi connectivity index (χ1) is 22.6. The third kappa shape index (κ3) is 7.50. The molecule has 47 heavy (non-hydrogen) atoms. The molecule has 12 heteroatoms. The molecule has 0 unspecified atom stereocenters. The SMILES string of the molecule is Cc1c(NC(=O)c2ccc(CN3CC(C(=O)O)C3)cn2)cccc1-c1cccc(NC(=O)c2ccc(CN3CC[C@@H](O)C3)cn2)c1Cl. The van der Waals surface area contributed by atoms with Gasteiger partial charge in [-0.05, 0) is 59.9 Å². The van der Waals surface area contributed by atoms with Crippen molar-refractivity contribution in [2.24, 2.45) is 5.92 Å². The molecule has 4 heterocycles. The predicted octanol–water partition coefficient (Wildman–Crippen LogP) is 4.69. The molecule has 2 saturated heterocycles. The summed E-state index contributed by atoms with van der Waals surface area (Å²) in [5.41, 5.74) is 5.66. The van der Waals surface area contributed by atoms with Gasteiger partial charge in [-0.15, -0.1) is 0 Å². The maximum atomic E-state index is 13.1. The molecule has 6 rings (SSSR count). The number of anilines is 2. The molecule has 0 aliphatic carbocycles. The van der Waals surface area contributed by atoms with Crippen molar-refractivity contribution in [3.05, 3.63) is 106 Å². The number of carboxylic acid groups (broad SMARTS) is 1. The summed E-state index contributed by atoms with van der Waals surface area (Å²) in [7, 11) is 0. The number of hydrogen-bond donors (Lipinski definition) is 4. The van der Waals surface area contributed by atoms with Gasteiger partial charge in [0.15, 0.2) is 0 Å². The zero-order valence-electron chi connectivity index (χ0n) is 25.8. The number of nitrogens with zero attached hydrogens (tertiary/aromatic N) is 4. The van der Waals surface area contributed by atoms with Gasteiger partial charge in [-0.25, -0.2) is 0 Å². The number of amides is 2. The Hall–Kier alpha value is -4.68. The minimum atomic E-state index is -0.779. The lowest BCUT2D eigenvalue weighted by Crippen LogP contribution is -2.49. The van der Waals surface area contributed by atoms with Crippen molar-refractivity contribution in [3.63, 3.8) is 0 Å². The van der Waals surface area contributed by atoms with Crippen LogP contribution in [0.1, 0.15) is 44.1 Å². The first kappa shape index (κ1) is 32.3. The lowest BCUT2D eigenvalue weighted by molar-refractivity contribution is -0.147. The predicted molar refractivity (Wildman–Crippen MR) is 178 cm³/mol. The van der Waals surface area contributed by atoms with Crippen molar-refractivity contribution in [2.45, 2.75) is 32.5 Å². The quantitative estimate of drug-likeness (QED) is 0.191. The van der Waals surface area contributed by atoms with Crippen LogP contribution in [0, 0.1) is 12.8 Å². The van der Waals surface area contributed by atoms with E-state index in [1.54, 1.807) is 42.7 Å². The number of benzene rings is 2. The summed E-state index contributed by atoms with van der Waals surface area (Å²) in [6, 6.07) is 17.9. The summed E-state index contributed by atoms with van der Waals surface area (Å²) in [4.78, 5) is 50.0. The Morgan fingerprint density at radius 2 is 1.38 bits per heavy atom. The van der Waals surface area contributed by atoms with E-state index in [1.807, 2.05) is 42.2 Å². The van der Waals surface area contributed by atoms with Crippen molar-refractivity contribution in [2.75, 3.05) is 36.8 Å². The number of aliphatic carboxylic acids is 1. The first-order valence-corrected chi connectivity index (χ1v) is 15.8. The molecular weight excluding hydrogens is 620 g/mol. The zero-order chi connectivity index (χ0) is 33.1. The van der Waals surface area contributed by atoms with Gasteiger partial charge in [0.25, 0.3) is 11.8 Å². The highest BCUT2D eigenvalue weighted by atomic mass is 35.5. The maximum absolute atomic E-state index is 13.1. The highest BCUT2D eigenvalue weighted by Gasteiger charge is 2.32. The summed E-state index contributed by atoms with van der Waals surface area (Å²) in [6.45, 7) is 5.60. The molecule has 0 radical (unpaired) electrons. The lowest BCUT2D eigenvalue weighted by atomic mass is 9.98. The van der Waals surface area contributed by atoms with Crippen LogP contribution < -0.4 is 10.6 Å². The average Bonchev–Trinajstić information content (AvgIpc) is 3.45. The van der Waals surface area contributed by atoms with Crippen LogP contribution in [0.25, 0.3) is 11.1 Å². The number of hydrogen-bond acceptors (Lipinski definition) is 8. The highest BCUT2D eigenvalue weighted by Crippen LogP contribution is 2.37. The van der Waals surface area contributed by atoms with Crippen LogP contribution in [0.5, 0.6) is 0 Å². The smallest absolute Gasteiger partial charge is 0.309 e. The summed E-state index contributed by atoms with van der Waals surface area (Å²) in [5.74, 6) is -1.86. The summed E-state index contributed by atoms with van der Waals surface area (Å²) in [6.07, 6.45) is 3.78. The topological polar surface area (TPSA) is 148 Å². The van der Waals surface area contributed by atoms with Crippen LogP contribution in [0.15, 0.2) is 73.1 Å². The Morgan fingerprint density at radius 1 is 0.809 bits per heavy atom. The molecule has 4 N–H and O–H groups in total. The molecule has 2 aromatic carbocycles. The van der Waals surface area contributed by atoms with Crippen LogP contribution in [0.4, 0.5) is 11.4 Å². The number of β-amino-alcohol motifs (C(OH)–C–C–N with tert-alkyl or cyclic N) is 1. The third-order valence-corrected chi connectivity index (χ3v) is 9.01. The van der Waals surface area contributed by atoms with Gasteiger partial charge in [0.05, 0.1) is 22.7 Å². The fourth-order valence-corrected chi connectivity index (χ4v) is 6.18. The van der Waals surface area contributed by atoms with E-state index >= 15 is 0 Å². The van der Waals surface area contributed by atoms with E-state index in [4.69, 9.17) is 16.7 Å². The van der Waals surface area contributed by atoms with Crippen molar-refractivity contribution < 1.29 is 24.6 Å². The molecule has 2 aromatic heterocycles. The van der Waals surface area contributed by atoms with Gasteiger partial charge in [0.1, 0.15) is 11.4 Å². The number of likely N-dealkylation sites (tertiary alicyclic amines) is 2. The number of carboxylic acids is 1. The first-order valence-electron chi connectivity index (χ1n) is 15.4. The van der Waals surface area contributed by atoms with E-state index < -0.39 is 11.9 Å². The van der Waals surface area contributed by atoms with E-state index in [0.29, 0.717) is 54.7 Å².